The average Bonchev–Trinajstić information content (AvgIpc) is 2.43. The maximum Gasteiger partial charge on any atom is 0.0634 e. The van der Waals surface area contributed by atoms with Gasteiger partial charge in [-0.3, -0.25) is 5.43 Å². The number of allylic oxidation sites excluding steroid dienone is 1. The molecule has 1 aromatic carbocycles. The van der Waals surface area contributed by atoms with Crippen LogP contribution in [-0.4, -0.2) is 17.9 Å². The Morgan fingerprint density at radius 1 is 1.36 bits per heavy atom. The smallest absolute Gasteiger partial charge is 0.0634 e. The first-order valence-electron chi connectivity index (χ1n) is 4.54. The van der Waals surface area contributed by atoms with Gasteiger partial charge in [0, 0.05) is 12.8 Å². The summed E-state index contributed by atoms with van der Waals surface area (Å²) in [6, 6.07) is 8.05. The van der Waals surface area contributed by atoms with Crippen LogP contribution >= 0.6 is 0 Å². The van der Waals surface area contributed by atoms with Gasteiger partial charge >= 0.3 is 0 Å². The number of rotatable bonds is 0. The van der Waals surface area contributed by atoms with Gasteiger partial charge in [-0.1, -0.05) is 24.3 Å². The lowest BCUT2D eigenvalue weighted by Crippen LogP contribution is -1.87. The fourth-order valence-electron chi connectivity index (χ4n) is 1.04. The molecule has 1 heterocycles. The molecule has 0 fully saturated rings. The van der Waals surface area contributed by atoms with Crippen LogP contribution in [0.1, 0.15) is 12.5 Å². The molecule has 0 bridgehead atoms. The third-order valence-electron chi connectivity index (χ3n) is 1.58. The van der Waals surface area contributed by atoms with Gasteiger partial charge in [0.1, 0.15) is 0 Å². The van der Waals surface area contributed by atoms with Crippen LogP contribution < -0.4 is 5.43 Å². The van der Waals surface area contributed by atoms with Crippen molar-refractivity contribution in [3.8, 4) is 0 Å². The summed E-state index contributed by atoms with van der Waals surface area (Å²) < 4.78 is 0. The molecule has 0 unspecified atom stereocenters. The Bertz CT molecular complexity index is 332. The zero-order chi connectivity index (χ0) is 10.2. The van der Waals surface area contributed by atoms with Gasteiger partial charge in [-0.15, -0.1) is 0 Å². The molecule has 0 saturated heterocycles. The van der Waals surface area contributed by atoms with Crippen LogP contribution in [0.15, 0.2) is 35.4 Å². The highest BCUT2D eigenvalue weighted by Gasteiger charge is 1.96. The van der Waals surface area contributed by atoms with E-state index < -0.39 is 0 Å². The molecule has 0 atom stereocenters. The van der Waals surface area contributed by atoms with Crippen molar-refractivity contribution in [1.82, 2.24) is 0 Å². The summed E-state index contributed by atoms with van der Waals surface area (Å²) in [5.74, 6) is 0. The van der Waals surface area contributed by atoms with Crippen LogP contribution in [0.25, 0.3) is 6.08 Å². The van der Waals surface area contributed by atoms with E-state index >= 15 is 0 Å². The van der Waals surface area contributed by atoms with Crippen molar-refractivity contribution in [2.24, 2.45) is 5.10 Å². The van der Waals surface area contributed by atoms with E-state index in [9.17, 15) is 0 Å². The van der Waals surface area contributed by atoms with E-state index in [1.54, 1.807) is 13.1 Å². The van der Waals surface area contributed by atoms with E-state index in [0.717, 1.165) is 5.69 Å². The van der Waals surface area contributed by atoms with Gasteiger partial charge in [-0.2, -0.15) is 5.10 Å². The van der Waals surface area contributed by atoms with E-state index in [4.69, 9.17) is 5.11 Å². The van der Waals surface area contributed by atoms with Crippen LogP contribution in [0.3, 0.4) is 0 Å². The number of hydrogen-bond acceptors (Lipinski definition) is 3. The molecule has 0 saturated carbocycles. The molecule has 1 aliphatic heterocycles. The summed E-state index contributed by atoms with van der Waals surface area (Å²) in [5.41, 5.74) is 5.16. The standard InChI is InChI=1S/C9H8N2.C2H6O/c1-2-6-9-8(4-1)5-3-7-10-11-9;1-2-3/h1-7,11H;3H,2H2,1H3. The number of nitrogens with zero attached hydrogens (tertiary/aromatic N) is 1. The van der Waals surface area contributed by atoms with Crippen molar-refractivity contribution in [1.29, 1.82) is 0 Å². The number of hydrogen-bond donors (Lipinski definition) is 2. The number of para-hydroxylation sites is 1. The van der Waals surface area contributed by atoms with Gasteiger partial charge in [0.2, 0.25) is 0 Å². The second-order valence-electron chi connectivity index (χ2n) is 2.65. The van der Waals surface area contributed by atoms with Gasteiger partial charge in [0.25, 0.3) is 0 Å². The quantitative estimate of drug-likeness (QED) is 0.658. The normalized spacial score (nSPS) is 11.9. The molecular weight excluding hydrogens is 176 g/mol. The lowest BCUT2D eigenvalue weighted by molar-refractivity contribution is 0.318. The van der Waals surface area contributed by atoms with Crippen molar-refractivity contribution >= 4 is 18.0 Å². The fraction of sp³-hybridized carbons (Fsp3) is 0.182. The summed E-state index contributed by atoms with van der Waals surface area (Å²) in [5, 5.41) is 11.5. The van der Waals surface area contributed by atoms with E-state index in [1.807, 2.05) is 36.4 Å². The number of benzene rings is 1. The van der Waals surface area contributed by atoms with Crippen molar-refractivity contribution in [2.45, 2.75) is 6.92 Å². The molecule has 0 spiro atoms. The lowest BCUT2D eigenvalue weighted by atomic mass is 10.2. The van der Waals surface area contributed by atoms with Crippen molar-refractivity contribution in [3.63, 3.8) is 0 Å². The van der Waals surface area contributed by atoms with Crippen molar-refractivity contribution in [3.05, 3.63) is 35.9 Å². The number of aliphatic hydroxyl groups is 1. The van der Waals surface area contributed by atoms with E-state index in [0.29, 0.717) is 0 Å². The highest BCUT2D eigenvalue weighted by atomic mass is 16.2. The second kappa shape index (κ2) is 5.94. The van der Waals surface area contributed by atoms with Gasteiger partial charge < -0.3 is 5.11 Å². The number of anilines is 1. The maximum absolute atomic E-state index is 7.57. The summed E-state index contributed by atoms with van der Waals surface area (Å²) in [4.78, 5) is 0. The van der Waals surface area contributed by atoms with Gasteiger partial charge in [0.15, 0.2) is 0 Å². The summed E-state index contributed by atoms with van der Waals surface area (Å²) >= 11 is 0. The first kappa shape index (κ1) is 10.5. The minimum atomic E-state index is 0.250. The Morgan fingerprint density at radius 2 is 2.07 bits per heavy atom. The zero-order valence-corrected chi connectivity index (χ0v) is 8.14. The van der Waals surface area contributed by atoms with Crippen LogP contribution in [0, 0.1) is 0 Å². The Kier molecular flexibility index (Phi) is 4.44. The van der Waals surface area contributed by atoms with Crippen LogP contribution in [-0.2, 0) is 0 Å². The molecule has 1 aliphatic rings. The third-order valence-corrected chi connectivity index (χ3v) is 1.58. The third kappa shape index (κ3) is 3.03. The van der Waals surface area contributed by atoms with Crippen LogP contribution in [0.4, 0.5) is 5.69 Å². The Balaban J connectivity index is 0.000000293. The Labute approximate surface area is 83.8 Å². The largest absolute Gasteiger partial charge is 0.397 e. The summed E-state index contributed by atoms with van der Waals surface area (Å²) in [7, 11) is 0. The van der Waals surface area contributed by atoms with Gasteiger partial charge in [-0.05, 0) is 24.6 Å². The van der Waals surface area contributed by atoms with Gasteiger partial charge in [0.05, 0.1) is 5.69 Å². The molecule has 1 aromatic rings. The second-order valence-corrected chi connectivity index (χ2v) is 2.65. The number of aliphatic hydroxyl groups excluding tert-OH is 1. The number of hydrazone groups is 1. The topological polar surface area (TPSA) is 44.6 Å². The molecule has 14 heavy (non-hydrogen) atoms. The molecule has 0 aliphatic carbocycles. The van der Waals surface area contributed by atoms with E-state index in [2.05, 4.69) is 10.5 Å². The van der Waals surface area contributed by atoms with E-state index in [-0.39, 0.29) is 6.61 Å². The Morgan fingerprint density at radius 3 is 2.86 bits per heavy atom. The lowest BCUT2D eigenvalue weighted by Gasteiger charge is -2.00. The van der Waals surface area contributed by atoms with E-state index in [1.165, 1.54) is 5.56 Å². The summed E-state index contributed by atoms with van der Waals surface area (Å²) in [6.07, 6.45) is 5.68. The molecule has 3 nitrogen and oxygen atoms in total. The summed E-state index contributed by atoms with van der Waals surface area (Å²) in [6.45, 7) is 1.93. The fourth-order valence-corrected chi connectivity index (χ4v) is 1.04. The van der Waals surface area contributed by atoms with Crippen molar-refractivity contribution < 1.29 is 5.11 Å². The molecule has 74 valence electrons. The molecule has 2 N–H and O–H groups in total. The minimum absolute atomic E-state index is 0.250. The molecule has 3 heteroatoms. The maximum atomic E-state index is 7.57. The monoisotopic (exact) mass is 190 g/mol. The highest BCUT2D eigenvalue weighted by molar-refractivity contribution is 5.83. The SMILES string of the molecule is C1=Cc2ccccc2NN=C1.CCO. The number of nitrogens with one attached hydrogen (secondary N) is 1. The predicted molar refractivity (Wildman–Crippen MR) is 60.4 cm³/mol. The van der Waals surface area contributed by atoms with Gasteiger partial charge in [-0.25, -0.2) is 0 Å². The molecule has 2 rings (SSSR count). The van der Waals surface area contributed by atoms with Crippen LogP contribution in [0.5, 0.6) is 0 Å². The Hall–Kier alpha value is -1.61. The van der Waals surface area contributed by atoms with Crippen LogP contribution in [0.2, 0.25) is 0 Å². The predicted octanol–water partition coefficient (Wildman–Crippen LogP) is 2.11. The molecule has 0 amide bonds. The first-order chi connectivity index (χ1) is 6.88. The molecule has 0 aromatic heterocycles. The highest BCUT2D eigenvalue weighted by Crippen LogP contribution is 2.17. The average molecular weight is 190 g/mol. The van der Waals surface area contributed by atoms with Crippen molar-refractivity contribution in [2.75, 3.05) is 12.0 Å². The number of fused-ring (bicyclic) bond motifs is 1. The zero-order valence-electron chi connectivity index (χ0n) is 8.14. The first-order valence-corrected chi connectivity index (χ1v) is 4.54. The molecular formula is C11H14N2O. The molecule has 0 radical (unpaired) electrons. The minimum Gasteiger partial charge on any atom is -0.397 e.